The van der Waals surface area contributed by atoms with Crippen LogP contribution in [-0.4, -0.2) is 54.5 Å². The number of rotatable bonds is 9. The van der Waals surface area contributed by atoms with E-state index >= 15 is 0 Å². The Kier molecular flexibility index (Phi) is 8.70. The van der Waals surface area contributed by atoms with Gasteiger partial charge in [0.2, 0.25) is 17.7 Å². The van der Waals surface area contributed by atoms with Crippen LogP contribution in [0.2, 0.25) is 0 Å². The van der Waals surface area contributed by atoms with E-state index in [1.165, 1.54) is 0 Å². The molecule has 0 spiro atoms. The van der Waals surface area contributed by atoms with E-state index in [-0.39, 0.29) is 19.0 Å². The molecule has 0 aliphatic carbocycles. The number of hydrogen-bond donors (Lipinski definition) is 5. The van der Waals surface area contributed by atoms with E-state index in [2.05, 4.69) is 16.0 Å². The summed E-state index contributed by atoms with van der Waals surface area (Å²) >= 11 is 0. The van der Waals surface area contributed by atoms with Gasteiger partial charge in [0.15, 0.2) is 0 Å². The fourth-order valence-electron chi connectivity index (χ4n) is 1.45. The van der Waals surface area contributed by atoms with E-state index in [1.54, 1.807) is 6.92 Å². The third-order valence-corrected chi connectivity index (χ3v) is 2.86. The SMILES string of the molecule is CCC(C)C(NC(=O)CNC(=O)CN)C(=O)NCC(=O)O. The minimum absolute atomic E-state index is 0.187. The normalized spacial score (nSPS) is 12.9. The van der Waals surface area contributed by atoms with Crippen LogP contribution in [0.1, 0.15) is 20.3 Å². The molecular formula is C12H22N4O5. The molecule has 0 bridgehead atoms. The second kappa shape index (κ2) is 9.70. The van der Waals surface area contributed by atoms with Crippen molar-refractivity contribution >= 4 is 23.7 Å². The van der Waals surface area contributed by atoms with Crippen LogP contribution in [0.4, 0.5) is 0 Å². The number of aliphatic carboxylic acids is 1. The lowest BCUT2D eigenvalue weighted by Crippen LogP contribution is -2.53. The minimum atomic E-state index is -1.17. The zero-order valence-electron chi connectivity index (χ0n) is 12.1. The molecule has 21 heavy (non-hydrogen) atoms. The number of carbonyl (C=O) groups excluding carboxylic acids is 3. The molecular weight excluding hydrogens is 280 g/mol. The van der Waals surface area contributed by atoms with Gasteiger partial charge in [-0.05, 0) is 5.92 Å². The summed E-state index contributed by atoms with van der Waals surface area (Å²) < 4.78 is 0. The molecule has 0 aromatic heterocycles. The van der Waals surface area contributed by atoms with Crippen molar-refractivity contribution in [2.75, 3.05) is 19.6 Å². The van der Waals surface area contributed by atoms with Crippen molar-refractivity contribution in [1.29, 1.82) is 0 Å². The van der Waals surface area contributed by atoms with Gasteiger partial charge in [-0.2, -0.15) is 0 Å². The minimum Gasteiger partial charge on any atom is -0.480 e. The van der Waals surface area contributed by atoms with Gasteiger partial charge in [-0.3, -0.25) is 19.2 Å². The van der Waals surface area contributed by atoms with E-state index in [1.807, 2.05) is 6.92 Å². The molecule has 0 heterocycles. The standard InChI is InChI=1S/C12H22N4O5/c1-3-7(2)11(12(21)15-6-10(19)20)16-9(18)5-14-8(17)4-13/h7,11H,3-6,13H2,1-2H3,(H,14,17)(H,15,21)(H,16,18)(H,19,20). The van der Waals surface area contributed by atoms with Crippen LogP contribution in [0.25, 0.3) is 0 Å². The number of hydrogen-bond acceptors (Lipinski definition) is 5. The molecule has 6 N–H and O–H groups in total. The summed E-state index contributed by atoms with van der Waals surface area (Å²) in [5.74, 6) is -2.97. The van der Waals surface area contributed by atoms with E-state index < -0.39 is 36.3 Å². The third-order valence-electron chi connectivity index (χ3n) is 2.86. The van der Waals surface area contributed by atoms with Crippen molar-refractivity contribution in [3.8, 4) is 0 Å². The van der Waals surface area contributed by atoms with Gasteiger partial charge in [-0.1, -0.05) is 20.3 Å². The predicted molar refractivity (Wildman–Crippen MR) is 74.1 cm³/mol. The van der Waals surface area contributed by atoms with Gasteiger partial charge in [0.1, 0.15) is 12.6 Å². The average Bonchev–Trinajstić information content (AvgIpc) is 2.46. The average molecular weight is 302 g/mol. The van der Waals surface area contributed by atoms with Gasteiger partial charge in [0, 0.05) is 0 Å². The Morgan fingerprint density at radius 3 is 2.19 bits per heavy atom. The first-order valence-corrected chi connectivity index (χ1v) is 6.57. The lowest BCUT2D eigenvalue weighted by atomic mass is 9.98. The lowest BCUT2D eigenvalue weighted by molar-refractivity contribution is -0.138. The monoisotopic (exact) mass is 302 g/mol. The van der Waals surface area contributed by atoms with Gasteiger partial charge in [-0.15, -0.1) is 0 Å². The Morgan fingerprint density at radius 1 is 1.10 bits per heavy atom. The number of nitrogens with one attached hydrogen (secondary N) is 3. The molecule has 0 rings (SSSR count). The number of amides is 3. The Bertz CT molecular complexity index is 399. The van der Waals surface area contributed by atoms with Crippen LogP contribution in [0.5, 0.6) is 0 Å². The van der Waals surface area contributed by atoms with Crippen LogP contribution < -0.4 is 21.7 Å². The van der Waals surface area contributed by atoms with Gasteiger partial charge in [-0.25, -0.2) is 0 Å². The predicted octanol–water partition coefficient (Wildman–Crippen LogP) is -2.21. The number of carboxylic acids is 1. The summed E-state index contributed by atoms with van der Waals surface area (Å²) in [6, 6.07) is -0.864. The maximum absolute atomic E-state index is 11.9. The molecule has 120 valence electrons. The van der Waals surface area contributed by atoms with Crippen molar-refractivity contribution in [3.05, 3.63) is 0 Å². The second-order valence-electron chi connectivity index (χ2n) is 4.52. The van der Waals surface area contributed by atoms with E-state index in [0.29, 0.717) is 6.42 Å². The van der Waals surface area contributed by atoms with E-state index in [0.717, 1.165) is 0 Å². The molecule has 0 radical (unpaired) electrons. The lowest BCUT2D eigenvalue weighted by Gasteiger charge is -2.23. The summed E-state index contributed by atoms with van der Waals surface area (Å²) in [7, 11) is 0. The fourth-order valence-corrected chi connectivity index (χ4v) is 1.45. The highest BCUT2D eigenvalue weighted by molar-refractivity contribution is 5.91. The highest BCUT2D eigenvalue weighted by atomic mass is 16.4. The number of nitrogens with two attached hydrogens (primary N) is 1. The molecule has 3 amide bonds. The summed E-state index contributed by atoms with van der Waals surface area (Å²) in [6.07, 6.45) is 0.612. The fraction of sp³-hybridized carbons (Fsp3) is 0.667. The molecule has 9 nitrogen and oxygen atoms in total. The third kappa shape index (κ3) is 7.88. The van der Waals surface area contributed by atoms with Crippen molar-refractivity contribution in [2.24, 2.45) is 11.7 Å². The topological polar surface area (TPSA) is 151 Å². The summed E-state index contributed by atoms with van der Waals surface area (Å²) in [5, 5.41) is 15.5. The number of carbonyl (C=O) groups is 4. The molecule has 2 atom stereocenters. The van der Waals surface area contributed by atoms with Gasteiger partial charge in [0.25, 0.3) is 0 Å². The Morgan fingerprint density at radius 2 is 1.71 bits per heavy atom. The largest absolute Gasteiger partial charge is 0.480 e. The molecule has 0 aliphatic heterocycles. The quantitative estimate of drug-likeness (QED) is 0.326. The molecule has 0 aliphatic rings. The first-order chi connectivity index (χ1) is 9.81. The molecule has 2 unspecified atom stereocenters. The van der Waals surface area contributed by atoms with Gasteiger partial charge < -0.3 is 26.8 Å². The Balaban J connectivity index is 4.54. The van der Waals surface area contributed by atoms with Crippen molar-refractivity contribution in [1.82, 2.24) is 16.0 Å². The molecule has 0 aromatic rings. The van der Waals surface area contributed by atoms with Crippen LogP contribution in [0.15, 0.2) is 0 Å². The van der Waals surface area contributed by atoms with Crippen molar-refractivity contribution < 1.29 is 24.3 Å². The smallest absolute Gasteiger partial charge is 0.322 e. The first kappa shape index (κ1) is 18.8. The van der Waals surface area contributed by atoms with Crippen LogP contribution in [-0.2, 0) is 19.2 Å². The summed E-state index contributed by atoms with van der Waals surface area (Å²) in [4.78, 5) is 44.9. The van der Waals surface area contributed by atoms with Crippen molar-refractivity contribution in [2.45, 2.75) is 26.3 Å². The second-order valence-corrected chi connectivity index (χ2v) is 4.52. The number of carboxylic acid groups (broad SMARTS) is 1. The summed E-state index contributed by atoms with van der Waals surface area (Å²) in [5.41, 5.74) is 5.08. The van der Waals surface area contributed by atoms with Gasteiger partial charge in [0.05, 0.1) is 13.1 Å². The maximum atomic E-state index is 11.9. The zero-order valence-corrected chi connectivity index (χ0v) is 12.1. The van der Waals surface area contributed by atoms with Gasteiger partial charge >= 0.3 is 5.97 Å². The summed E-state index contributed by atoms with van der Waals surface area (Å²) in [6.45, 7) is 2.54. The highest BCUT2D eigenvalue weighted by Gasteiger charge is 2.26. The molecule has 0 aromatic carbocycles. The van der Waals surface area contributed by atoms with E-state index in [9.17, 15) is 19.2 Å². The molecule has 9 heteroatoms. The van der Waals surface area contributed by atoms with E-state index in [4.69, 9.17) is 10.8 Å². The molecule has 0 saturated carbocycles. The zero-order chi connectivity index (χ0) is 16.4. The molecule has 0 saturated heterocycles. The van der Waals surface area contributed by atoms with Crippen LogP contribution in [0.3, 0.4) is 0 Å². The highest BCUT2D eigenvalue weighted by Crippen LogP contribution is 2.07. The Labute approximate surface area is 122 Å². The molecule has 0 fully saturated rings. The maximum Gasteiger partial charge on any atom is 0.322 e. The van der Waals surface area contributed by atoms with Crippen LogP contribution >= 0.6 is 0 Å². The first-order valence-electron chi connectivity index (χ1n) is 6.57. The van der Waals surface area contributed by atoms with Crippen molar-refractivity contribution in [3.63, 3.8) is 0 Å². The Hall–Kier alpha value is -2.16. The van der Waals surface area contributed by atoms with Crippen LogP contribution in [0, 0.1) is 5.92 Å².